The number of hydrogen-bond acceptors (Lipinski definition) is 1. The molecule has 0 saturated carbocycles. The third-order valence-corrected chi connectivity index (χ3v) is 3.12. The van der Waals surface area contributed by atoms with Crippen molar-refractivity contribution in [1.82, 2.24) is 0 Å². The maximum absolute atomic E-state index is 13.6. The third kappa shape index (κ3) is 2.58. The lowest BCUT2D eigenvalue weighted by atomic mass is 9.96. The highest BCUT2D eigenvalue weighted by atomic mass is 19.1. The van der Waals surface area contributed by atoms with Gasteiger partial charge in [-0.2, -0.15) is 0 Å². The lowest BCUT2D eigenvalue weighted by Crippen LogP contribution is -2.02. The fourth-order valence-corrected chi connectivity index (χ4v) is 2.06. The zero-order chi connectivity index (χ0) is 13.1. The Morgan fingerprint density at radius 1 is 1.11 bits per heavy atom. The predicted octanol–water partition coefficient (Wildman–Crippen LogP) is 4.60. The minimum Gasteiger partial charge on any atom is -0.294 e. The first-order valence-corrected chi connectivity index (χ1v) is 6.30. The van der Waals surface area contributed by atoms with Crippen molar-refractivity contribution in [2.24, 2.45) is 5.92 Å². The highest BCUT2D eigenvalue weighted by molar-refractivity contribution is 6.08. The van der Waals surface area contributed by atoms with Crippen LogP contribution in [-0.4, -0.2) is 5.78 Å². The van der Waals surface area contributed by atoms with Gasteiger partial charge in [0, 0.05) is 17.4 Å². The summed E-state index contributed by atoms with van der Waals surface area (Å²) in [6.45, 7) is 4.19. The zero-order valence-corrected chi connectivity index (χ0v) is 10.7. The third-order valence-electron chi connectivity index (χ3n) is 3.12. The van der Waals surface area contributed by atoms with Gasteiger partial charge in [0.25, 0.3) is 0 Å². The van der Waals surface area contributed by atoms with Gasteiger partial charge in [-0.1, -0.05) is 38.1 Å². The van der Waals surface area contributed by atoms with Gasteiger partial charge in [0.05, 0.1) is 0 Å². The van der Waals surface area contributed by atoms with Gasteiger partial charge in [-0.25, -0.2) is 4.39 Å². The maximum Gasteiger partial charge on any atom is 0.163 e. The van der Waals surface area contributed by atoms with Crippen LogP contribution in [0.1, 0.15) is 37.0 Å². The second-order valence-corrected chi connectivity index (χ2v) is 5.00. The molecule has 94 valence electrons. The average molecular weight is 244 g/mol. The highest BCUT2D eigenvalue weighted by Crippen LogP contribution is 2.23. The molecule has 2 rings (SSSR count). The van der Waals surface area contributed by atoms with E-state index in [1.54, 1.807) is 24.3 Å². The first kappa shape index (κ1) is 12.7. The van der Waals surface area contributed by atoms with E-state index in [1.807, 2.05) is 6.07 Å². The van der Waals surface area contributed by atoms with Gasteiger partial charge in [0.15, 0.2) is 5.78 Å². The molecule has 0 radical (unpaired) electrons. The second-order valence-electron chi connectivity index (χ2n) is 5.00. The maximum atomic E-state index is 13.6. The Balaban J connectivity index is 2.39. The molecule has 0 spiro atoms. The number of carbonyl (C=O) groups excluding carboxylic acids is 1. The summed E-state index contributed by atoms with van der Waals surface area (Å²) in [5, 5.41) is 1.24. The normalized spacial score (nSPS) is 11.1. The summed E-state index contributed by atoms with van der Waals surface area (Å²) in [6, 6.07) is 10.1. The molecular weight excluding hydrogens is 227 g/mol. The Morgan fingerprint density at radius 2 is 1.78 bits per heavy atom. The van der Waals surface area contributed by atoms with Crippen LogP contribution >= 0.6 is 0 Å². The standard InChI is InChI=1S/C16H17FO/c1-11(2)7-10-16(18)14-8-9-15(17)13-6-4-3-5-12(13)14/h3-6,8-9,11H,7,10H2,1-2H3. The summed E-state index contributed by atoms with van der Waals surface area (Å²) < 4.78 is 13.6. The van der Waals surface area contributed by atoms with E-state index < -0.39 is 0 Å². The Hall–Kier alpha value is -1.70. The number of fused-ring (bicyclic) bond motifs is 1. The monoisotopic (exact) mass is 244 g/mol. The fraction of sp³-hybridized carbons (Fsp3) is 0.312. The fourth-order valence-electron chi connectivity index (χ4n) is 2.06. The van der Waals surface area contributed by atoms with E-state index in [1.165, 1.54) is 6.07 Å². The molecule has 0 atom stereocenters. The quantitative estimate of drug-likeness (QED) is 0.718. The van der Waals surface area contributed by atoms with Crippen molar-refractivity contribution in [3.8, 4) is 0 Å². The summed E-state index contributed by atoms with van der Waals surface area (Å²) in [5.41, 5.74) is 0.632. The average Bonchev–Trinajstić information content (AvgIpc) is 2.37. The lowest BCUT2D eigenvalue weighted by molar-refractivity contribution is 0.0977. The first-order chi connectivity index (χ1) is 8.59. The molecular formula is C16H17FO. The number of carbonyl (C=O) groups is 1. The van der Waals surface area contributed by atoms with E-state index in [9.17, 15) is 9.18 Å². The van der Waals surface area contributed by atoms with Crippen molar-refractivity contribution in [2.75, 3.05) is 0 Å². The van der Waals surface area contributed by atoms with Crippen LogP contribution in [0.2, 0.25) is 0 Å². The topological polar surface area (TPSA) is 17.1 Å². The molecule has 0 amide bonds. The molecule has 2 aromatic carbocycles. The van der Waals surface area contributed by atoms with Gasteiger partial charge in [0.2, 0.25) is 0 Å². The SMILES string of the molecule is CC(C)CCC(=O)c1ccc(F)c2ccccc12. The molecule has 0 fully saturated rings. The number of rotatable bonds is 4. The minimum atomic E-state index is -0.272. The Labute approximate surface area is 107 Å². The van der Waals surface area contributed by atoms with E-state index in [-0.39, 0.29) is 11.6 Å². The van der Waals surface area contributed by atoms with Gasteiger partial charge in [0.1, 0.15) is 5.82 Å². The molecule has 0 aliphatic carbocycles. The molecule has 0 bridgehead atoms. The minimum absolute atomic E-state index is 0.0971. The zero-order valence-electron chi connectivity index (χ0n) is 10.7. The number of halogens is 1. The highest BCUT2D eigenvalue weighted by Gasteiger charge is 2.12. The molecule has 2 aromatic rings. The van der Waals surface area contributed by atoms with E-state index in [0.717, 1.165) is 6.42 Å². The summed E-state index contributed by atoms with van der Waals surface area (Å²) >= 11 is 0. The van der Waals surface area contributed by atoms with E-state index in [2.05, 4.69) is 13.8 Å². The summed E-state index contributed by atoms with van der Waals surface area (Å²) in [4.78, 5) is 12.2. The van der Waals surface area contributed by atoms with Crippen LogP contribution in [-0.2, 0) is 0 Å². The van der Waals surface area contributed by atoms with Crippen LogP contribution < -0.4 is 0 Å². The molecule has 2 heteroatoms. The van der Waals surface area contributed by atoms with Gasteiger partial charge in [-0.3, -0.25) is 4.79 Å². The molecule has 0 aromatic heterocycles. The number of ketones is 1. The van der Waals surface area contributed by atoms with Crippen molar-refractivity contribution in [3.05, 3.63) is 47.8 Å². The Morgan fingerprint density at radius 3 is 2.44 bits per heavy atom. The number of benzene rings is 2. The predicted molar refractivity (Wildman–Crippen MR) is 72.3 cm³/mol. The molecule has 0 N–H and O–H groups in total. The molecule has 0 aliphatic rings. The van der Waals surface area contributed by atoms with Gasteiger partial charge in [-0.15, -0.1) is 0 Å². The summed E-state index contributed by atoms with van der Waals surface area (Å²) in [5.74, 6) is 0.326. The van der Waals surface area contributed by atoms with Crippen LogP contribution in [0.25, 0.3) is 10.8 Å². The van der Waals surface area contributed by atoms with E-state index in [0.29, 0.717) is 28.7 Å². The molecule has 0 heterocycles. The van der Waals surface area contributed by atoms with Crippen LogP contribution in [0.15, 0.2) is 36.4 Å². The van der Waals surface area contributed by atoms with Gasteiger partial charge >= 0.3 is 0 Å². The second kappa shape index (κ2) is 5.30. The van der Waals surface area contributed by atoms with Crippen molar-refractivity contribution in [1.29, 1.82) is 0 Å². The smallest absolute Gasteiger partial charge is 0.163 e. The molecule has 0 unspecified atom stereocenters. The van der Waals surface area contributed by atoms with Crippen LogP contribution in [0.3, 0.4) is 0 Å². The van der Waals surface area contributed by atoms with Crippen LogP contribution in [0.4, 0.5) is 4.39 Å². The van der Waals surface area contributed by atoms with Gasteiger partial charge in [-0.05, 0) is 29.9 Å². The van der Waals surface area contributed by atoms with E-state index >= 15 is 0 Å². The van der Waals surface area contributed by atoms with Crippen molar-refractivity contribution in [2.45, 2.75) is 26.7 Å². The Kier molecular flexibility index (Phi) is 3.75. The molecule has 0 aliphatic heterocycles. The van der Waals surface area contributed by atoms with Crippen molar-refractivity contribution in [3.63, 3.8) is 0 Å². The van der Waals surface area contributed by atoms with Crippen molar-refractivity contribution >= 4 is 16.6 Å². The summed E-state index contributed by atoms with van der Waals surface area (Å²) in [7, 11) is 0. The van der Waals surface area contributed by atoms with Crippen molar-refractivity contribution < 1.29 is 9.18 Å². The van der Waals surface area contributed by atoms with E-state index in [4.69, 9.17) is 0 Å². The Bertz CT molecular complexity index is 572. The lowest BCUT2D eigenvalue weighted by Gasteiger charge is -2.08. The number of Topliss-reactive ketones (excluding diaryl/α,β-unsaturated/α-hetero) is 1. The van der Waals surface area contributed by atoms with Crippen LogP contribution in [0, 0.1) is 11.7 Å². The largest absolute Gasteiger partial charge is 0.294 e. The first-order valence-electron chi connectivity index (χ1n) is 6.30. The van der Waals surface area contributed by atoms with Crippen LogP contribution in [0.5, 0.6) is 0 Å². The summed E-state index contributed by atoms with van der Waals surface area (Å²) in [6.07, 6.45) is 1.39. The van der Waals surface area contributed by atoms with Gasteiger partial charge < -0.3 is 0 Å². The molecule has 18 heavy (non-hydrogen) atoms. The molecule has 1 nitrogen and oxygen atoms in total. The number of hydrogen-bond donors (Lipinski definition) is 0. The molecule has 0 saturated heterocycles.